The zero-order valence-corrected chi connectivity index (χ0v) is 16.0. The normalized spacial score (nSPS) is 33.9. The van der Waals surface area contributed by atoms with E-state index in [9.17, 15) is 19.5 Å². The number of urea groups is 1. The van der Waals surface area contributed by atoms with Crippen LogP contribution in [0.3, 0.4) is 0 Å². The predicted octanol–water partition coefficient (Wildman–Crippen LogP) is 2.16. The van der Waals surface area contributed by atoms with Gasteiger partial charge in [0.1, 0.15) is 6.04 Å². The molecule has 0 aromatic rings. The molecule has 27 heavy (non-hydrogen) atoms. The quantitative estimate of drug-likeness (QED) is 0.800. The molecule has 0 radical (unpaired) electrons. The van der Waals surface area contributed by atoms with E-state index >= 15 is 0 Å². The summed E-state index contributed by atoms with van der Waals surface area (Å²) >= 11 is 0. The molecule has 1 N–H and O–H groups in total. The first kappa shape index (κ1) is 18.6. The van der Waals surface area contributed by atoms with E-state index in [1.807, 2.05) is 9.80 Å². The predicted molar refractivity (Wildman–Crippen MR) is 99.1 cm³/mol. The second-order valence-electron chi connectivity index (χ2n) is 8.71. The molecule has 3 heterocycles. The highest BCUT2D eigenvalue weighted by Crippen LogP contribution is 2.41. The Hall–Kier alpha value is -1.79. The first-order chi connectivity index (χ1) is 13.1. The molecule has 3 amide bonds. The third kappa shape index (κ3) is 3.52. The number of piperidine rings is 1. The van der Waals surface area contributed by atoms with Crippen LogP contribution in [0, 0.1) is 11.8 Å². The van der Waals surface area contributed by atoms with Gasteiger partial charge in [-0.3, -0.25) is 4.79 Å². The minimum Gasteiger partial charge on any atom is -0.480 e. The standard InChI is InChI=1S/C20H31N3O4/c24-18(23-16-8-2-1-6-14(16)12-17(23)19(25)26)15-7-5-11-22(13-15)20(27)21-9-3-4-10-21/h14-17H,1-13H2,(H,25,26). The lowest BCUT2D eigenvalue weighted by Crippen LogP contribution is -2.53. The highest BCUT2D eigenvalue weighted by Gasteiger charge is 2.49. The van der Waals surface area contributed by atoms with Crippen LogP contribution in [0.25, 0.3) is 0 Å². The molecular weight excluding hydrogens is 346 g/mol. The maximum Gasteiger partial charge on any atom is 0.326 e. The van der Waals surface area contributed by atoms with Gasteiger partial charge in [-0.05, 0) is 50.9 Å². The molecule has 3 aliphatic heterocycles. The lowest BCUT2D eigenvalue weighted by Gasteiger charge is -2.39. The largest absolute Gasteiger partial charge is 0.480 e. The van der Waals surface area contributed by atoms with Crippen LogP contribution < -0.4 is 0 Å². The molecule has 4 rings (SSSR count). The zero-order chi connectivity index (χ0) is 19.0. The Kier molecular flexibility index (Phi) is 5.28. The zero-order valence-electron chi connectivity index (χ0n) is 16.0. The molecule has 150 valence electrons. The van der Waals surface area contributed by atoms with E-state index in [-0.39, 0.29) is 23.9 Å². The Morgan fingerprint density at radius 1 is 0.815 bits per heavy atom. The summed E-state index contributed by atoms with van der Waals surface area (Å²) in [4.78, 5) is 43.3. The van der Waals surface area contributed by atoms with E-state index in [0.29, 0.717) is 25.4 Å². The highest BCUT2D eigenvalue weighted by atomic mass is 16.4. The Balaban J connectivity index is 1.47. The van der Waals surface area contributed by atoms with Gasteiger partial charge in [0.2, 0.25) is 5.91 Å². The number of rotatable bonds is 2. The number of hydrogen-bond donors (Lipinski definition) is 1. The van der Waals surface area contributed by atoms with Gasteiger partial charge in [0.05, 0.1) is 5.92 Å². The number of nitrogens with zero attached hydrogens (tertiary/aromatic N) is 3. The fraction of sp³-hybridized carbons (Fsp3) is 0.850. The lowest BCUT2D eigenvalue weighted by atomic mass is 9.84. The molecule has 4 unspecified atom stereocenters. The van der Waals surface area contributed by atoms with Crippen LogP contribution in [0.1, 0.15) is 57.8 Å². The molecule has 3 saturated heterocycles. The van der Waals surface area contributed by atoms with Gasteiger partial charge in [0, 0.05) is 32.2 Å². The van der Waals surface area contributed by atoms with E-state index < -0.39 is 12.0 Å². The Labute approximate surface area is 160 Å². The van der Waals surface area contributed by atoms with Crippen molar-refractivity contribution in [3.63, 3.8) is 0 Å². The van der Waals surface area contributed by atoms with E-state index in [0.717, 1.165) is 64.5 Å². The second-order valence-corrected chi connectivity index (χ2v) is 8.71. The number of carboxylic acid groups (broad SMARTS) is 1. The number of aliphatic carboxylic acids is 1. The fourth-order valence-corrected chi connectivity index (χ4v) is 5.67. The fourth-order valence-electron chi connectivity index (χ4n) is 5.67. The summed E-state index contributed by atoms with van der Waals surface area (Å²) in [6.45, 7) is 2.76. The summed E-state index contributed by atoms with van der Waals surface area (Å²) in [7, 11) is 0. The highest BCUT2D eigenvalue weighted by molar-refractivity contribution is 5.87. The van der Waals surface area contributed by atoms with Gasteiger partial charge in [-0.1, -0.05) is 12.8 Å². The summed E-state index contributed by atoms with van der Waals surface area (Å²) in [6.07, 6.45) is 8.43. The van der Waals surface area contributed by atoms with Gasteiger partial charge in [0.15, 0.2) is 0 Å². The van der Waals surface area contributed by atoms with Crippen LogP contribution in [-0.4, -0.2) is 76.0 Å². The summed E-state index contributed by atoms with van der Waals surface area (Å²) in [5.74, 6) is -0.836. The van der Waals surface area contributed by atoms with Crippen LogP contribution in [0.5, 0.6) is 0 Å². The number of carboxylic acids is 1. The summed E-state index contributed by atoms with van der Waals surface area (Å²) in [5, 5.41) is 9.70. The van der Waals surface area contributed by atoms with Gasteiger partial charge in [-0.2, -0.15) is 0 Å². The number of amides is 3. The molecule has 1 aliphatic carbocycles. The molecule has 4 atom stereocenters. The number of carbonyl (C=O) groups excluding carboxylic acids is 2. The first-order valence-electron chi connectivity index (χ1n) is 10.6. The van der Waals surface area contributed by atoms with E-state index in [2.05, 4.69) is 0 Å². The first-order valence-corrected chi connectivity index (χ1v) is 10.6. The molecule has 7 nitrogen and oxygen atoms in total. The van der Waals surface area contributed by atoms with Crippen molar-refractivity contribution in [2.75, 3.05) is 26.2 Å². The van der Waals surface area contributed by atoms with Gasteiger partial charge in [-0.25, -0.2) is 9.59 Å². The number of carbonyl (C=O) groups is 3. The van der Waals surface area contributed by atoms with E-state index in [1.54, 1.807) is 4.90 Å². The van der Waals surface area contributed by atoms with Crippen LogP contribution in [0.4, 0.5) is 4.79 Å². The summed E-state index contributed by atoms with van der Waals surface area (Å²) < 4.78 is 0. The average Bonchev–Trinajstić information content (AvgIpc) is 3.35. The van der Waals surface area contributed by atoms with Gasteiger partial charge < -0.3 is 19.8 Å². The number of fused-ring (bicyclic) bond motifs is 1. The van der Waals surface area contributed by atoms with Crippen LogP contribution in [0.15, 0.2) is 0 Å². The third-order valence-electron chi connectivity index (χ3n) is 7.05. The van der Waals surface area contributed by atoms with Crippen LogP contribution in [0.2, 0.25) is 0 Å². The third-order valence-corrected chi connectivity index (χ3v) is 7.05. The molecule has 1 saturated carbocycles. The molecule has 0 aromatic carbocycles. The Bertz CT molecular complexity index is 604. The number of likely N-dealkylation sites (tertiary alicyclic amines) is 3. The minimum absolute atomic E-state index is 0.0317. The Morgan fingerprint density at radius 2 is 1.52 bits per heavy atom. The molecular formula is C20H31N3O4. The second kappa shape index (κ2) is 7.68. The van der Waals surface area contributed by atoms with Crippen molar-refractivity contribution < 1.29 is 19.5 Å². The minimum atomic E-state index is -0.876. The monoisotopic (exact) mass is 377 g/mol. The van der Waals surface area contributed by atoms with E-state index in [1.165, 1.54) is 0 Å². The van der Waals surface area contributed by atoms with Crippen molar-refractivity contribution in [2.45, 2.75) is 69.9 Å². The van der Waals surface area contributed by atoms with Crippen molar-refractivity contribution in [2.24, 2.45) is 11.8 Å². The molecule has 0 aromatic heterocycles. The number of hydrogen-bond acceptors (Lipinski definition) is 3. The molecule has 0 spiro atoms. The van der Waals surface area contributed by atoms with Crippen LogP contribution >= 0.6 is 0 Å². The lowest BCUT2D eigenvalue weighted by molar-refractivity contribution is -0.152. The summed E-state index contributed by atoms with van der Waals surface area (Å²) in [6, 6.07) is -0.552. The molecule has 7 heteroatoms. The van der Waals surface area contributed by atoms with Crippen molar-refractivity contribution >= 4 is 17.9 Å². The SMILES string of the molecule is O=C(O)C1CC2CCCCC2N1C(=O)C1CCCN(C(=O)N2CCCC2)C1. The topological polar surface area (TPSA) is 81.2 Å². The molecule has 4 aliphatic rings. The van der Waals surface area contributed by atoms with Crippen molar-refractivity contribution in [1.82, 2.24) is 14.7 Å². The van der Waals surface area contributed by atoms with Crippen LogP contribution in [-0.2, 0) is 9.59 Å². The summed E-state index contributed by atoms with van der Waals surface area (Å²) in [5.41, 5.74) is 0. The van der Waals surface area contributed by atoms with E-state index in [4.69, 9.17) is 0 Å². The maximum absolute atomic E-state index is 13.4. The van der Waals surface area contributed by atoms with Gasteiger partial charge in [0.25, 0.3) is 0 Å². The van der Waals surface area contributed by atoms with Gasteiger partial charge in [-0.15, -0.1) is 0 Å². The average molecular weight is 377 g/mol. The van der Waals surface area contributed by atoms with Gasteiger partial charge >= 0.3 is 12.0 Å². The van der Waals surface area contributed by atoms with Crippen molar-refractivity contribution in [3.05, 3.63) is 0 Å². The van der Waals surface area contributed by atoms with Crippen molar-refractivity contribution in [1.29, 1.82) is 0 Å². The Morgan fingerprint density at radius 3 is 2.26 bits per heavy atom. The van der Waals surface area contributed by atoms with Crippen molar-refractivity contribution in [3.8, 4) is 0 Å². The molecule has 4 fully saturated rings. The molecule has 0 bridgehead atoms. The smallest absolute Gasteiger partial charge is 0.326 e. The maximum atomic E-state index is 13.4.